The summed E-state index contributed by atoms with van der Waals surface area (Å²) in [7, 11) is 2.11. The highest BCUT2D eigenvalue weighted by molar-refractivity contribution is 5.93. The van der Waals surface area contributed by atoms with Gasteiger partial charge in [0.2, 0.25) is 0 Å². The minimum absolute atomic E-state index is 0.244. The van der Waals surface area contributed by atoms with Crippen LogP contribution in [0.4, 0.5) is 5.82 Å². The molecule has 0 atom stereocenters. The van der Waals surface area contributed by atoms with Crippen LogP contribution < -0.4 is 10.2 Å². The van der Waals surface area contributed by atoms with Gasteiger partial charge < -0.3 is 19.5 Å². The number of furan rings is 1. The number of benzene rings is 1. The molecule has 1 N–H and O–H groups in total. The van der Waals surface area contributed by atoms with Crippen molar-refractivity contribution in [2.75, 3.05) is 38.1 Å². The van der Waals surface area contributed by atoms with Crippen LogP contribution in [0.2, 0.25) is 0 Å². The molecule has 7 nitrogen and oxygen atoms in total. The van der Waals surface area contributed by atoms with E-state index >= 15 is 0 Å². The van der Waals surface area contributed by atoms with Gasteiger partial charge >= 0.3 is 0 Å². The van der Waals surface area contributed by atoms with Crippen LogP contribution in [-0.2, 0) is 6.54 Å². The summed E-state index contributed by atoms with van der Waals surface area (Å²) in [4.78, 5) is 26.5. The van der Waals surface area contributed by atoms with Crippen molar-refractivity contribution in [2.24, 2.45) is 0 Å². The molecule has 1 aromatic carbocycles. The molecule has 0 radical (unpaired) electrons. The number of anilines is 1. The molecule has 0 spiro atoms. The Morgan fingerprint density at radius 3 is 2.57 bits per heavy atom. The van der Waals surface area contributed by atoms with Gasteiger partial charge in [0.1, 0.15) is 17.3 Å². The van der Waals surface area contributed by atoms with Crippen LogP contribution in [-0.4, -0.2) is 54.0 Å². The molecular weight excluding hydrogens is 354 g/mol. The van der Waals surface area contributed by atoms with Crippen molar-refractivity contribution < 1.29 is 9.21 Å². The van der Waals surface area contributed by atoms with E-state index in [-0.39, 0.29) is 5.91 Å². The molecule has 1 saturated heterocycles. The van der Waals surface area contributed by atoms with Crippen LogP contribution >= 0.6 is 0 Å². The highest BCUT2D eigenvalue weighted by Crippen LogP contribution is 2.21. The third-order valence-electron chi connectivity index (χ3n) is 4.81. The smallest absolute Gasteiger partial charge is 0.270 e. The first-order valence-corrected chi connectivity index (χ1v) is 9.37. The summed E-state index contributed by atoms with van der Waals surface area (Å²) in [6, 6.07) is 15.1. The van der Waals surface area contributed by atoms with Gasteiger partial charge in [-0.3, -0.25) is 4.79 Å². The number of nitrogens with zero attached hydrogens (tertiary/aromatic N) is 4. The number of hydrogen-bond donors (Lipinski definition) is 1. The van der Waals surface area contributed by atoms with Gasteiger partial charge in [0, 0.05) is 37.8 Å². The van der Waals surface area contributed by atoms with Crippen LogP contribution in [0, 0.1) is 0 Å². The summed E-state index contributed by atoms with van der Waals surface area (Å²) in [5.41, 5.74) is 1.24. The van der Waals surface area contributed by atoms with Crippen molar-refractivity contribution in [3.63, 3.8) is 0 Å². The Hall–Kier alpha value is -3.19. The van der Waals surface area contributed by atoms with E-state index in [1.54, 1.807) is 18.4 Å². The lowest BCUT2D eigenvalue weighted by Crippen LogP contribution is -2.45. The van der Waals surface area contributed by atoms with Crippen LogP contribution in [0.15, 0.2) is 59.2 Å². The maximum absolute atomic E-state index is 12.7. The zero-order valence-corrected chi connectivity index (χ0v) is 15.8. The molecular formula is C21H23N5O2. The van der Waals surface area contributed by atoms with Gasteiger partial charge in [0.15, 0.2) is 5.82 Å². The molecule has 28 heavy (non-hydrogen) atoms. The topological polar surface area (TPSA) is 74.5 Å². The number of piperazine rings is 1. The lowest BCUT2D eigenvalue weighted by Gasteiger charge is -2.33. The molecule has 1 amide bonds. The highest BCUT2D eigenvalue weighted by Gasteiger charge is 2.19. The minimum Gasteiger partial charge on any atom is -0.467 e. The lowest BCUT2D eigenvalue weighted by atomic mass is 10.2. The summed E-state index contributed by atoms with van der Waals surface area (Å²) in [6.45, 7) is 3.99. The molecule has 7 heteroatoms. The summed E-state index contributed by atoms with van der Waals surface area (Å²) >= 11 is 0. The molecule has 0 bridgehead atoms. The fraction of sp³-hybridized carbons (Fsp3) is 0.286. The molecule has 2 aromatic heterocycles. The number of likely N-dealkylation sites (N-methyl/N-ethyl adjacent to an activating group) is 1. The average molecular weight is 377 g/mol. The third-order valence-corrected chi connectivity index (χ3v) is 4.81. The molecule has 0 unspecified atom stereocenters. The number of carbonyl (C=O) groups excluding carboxylic acids is 1. The maximum atomic E-state index is 12.7. The molecule has 4 rings (SSSR count). The predicted molar refractivity (Wildman–Crippen MR) is 107 cm³/mol. The van der Waals surface area contributed by atoms with E-state index in [2.05, 4.69) is 27.1 Å². The number of nitrogens with one attached hydrogen (secondary N) is 1. The molecule has 0 aliphatic carbocycles. The number of hydrogen-bond acceptors (Lipinski definition) is 6. The van der Waals surface area contributed by atoms with E-state index in [4.69, 9.17) is 9.40 Å². The summed E-state index contributed by atoms with van der Waals surface area (Å²) < 4.78 is 5.28. The van der Waals surface area contributed by atoms with E-state index in [0.29, 0.717) is 23.8 Å². The lowest BCUT2D eigenvalue weighted by molar-refractivity contribution is 0.0943. The van der Waals surface area contributed by atoms with Crippen LogP contribution in [0.3, 0.4) is 0 Å². The van der Waals surface area contributed by atoms with Crippen molar-refractivity contribution in [3.8, 4) is 11.4 Å². The second kappa shape index (κ2) is 8.22. The Balaban J connectivity index is 1.62. The summed E-state index contributed by atoms with van der Waals surface area (Å²) in [6.07, 6.45) is 1.59. The number of amides is 1. The minimum atomic E-state index is -0.244. The first-order valence-electron chi connectivity index (χ1n) is 9.37. The third kappa shape index (κ3) is 4.20. The molecule has 0 saturated carbocycles. The predicted octanol–water partition coefficient (Wildman–Crippen LogP) is 2.42. The quantitative estimate of drug-likeness (QED) is 0.736. The van der Waals surface area contributed by atoms with E-state index in [1.807, 2.05) is 36.4 Å². The zero-order chi connectivity index (χ0) is 19.3. The van der Waals surface area contributed by atoms with Crippen LogP contribution in [0.1, 0.15) is 16.2 Å². The molecule has 1 fully saturated rings. The molecule has 3 aromatic rings. The number of aromatic nitrogens is 2. The van der Waals surface area contributed by atoms with Gasteiger partial charge in [0.05, 0.1) is 12.8 Å². The average Bonchev–Trinajstić information content (AvgIpc) is 3.26. The van der Waals surface area contributed by atoms with Crippen molar-refractivity contribution >= 4 is 11.7 Å². The van der Waals surface area contributed by atoms with Gasteiger partial charge in [-0.15, -0.1) is 0 Å². The van der Waals surface area contributed by atoms with Gasteiger partial charge in [-0.2, -0.15) is 0 Å². The largest absolute Gasteiger partial charge is 0.467 e. The first kappa shape index (κ1) is 18.2. The van der Waals surface area contributed by atoms with Crippen LogP contribution in [0.25, 0.3) is 11.4 Å². The van der Waals surface area contributed by atoms with Gasteiger partial charge in [-0.25, -0.2) is 9.97 Å². The standard InChI is InChI=1S/C21H23N5O2/c1-25-9-11-26(12-10-25)19-14-18(21(27)22-15-17-8-5-13-28-17)23-20(24-19)16-6-3-2-4-7-16/h2-8,13-14H,9-12,15H2,1H3,(H,22,27). The maximum Gasteiger partial charge on any atom is 0.270 e. The fourth-order valence-corrected chi connectivity index (χ4v) is 3.14. The van der Waals surface area contributed by atoms with Crippen molar-refractivity contribution in [1.82, 2.24) is 20.2 Å². The second-order valence-electron chi connectivity index (χ2n) is 6.85. The first-order chi connectivity index (χ1) is 13.7. The van der Waals surface area contributed by atoms with Gasteiger partial charge in [0.25, 0.3) is 5.91 Å². The normalized spacial score (nSPS) is 14.8. The number of rotatable bonds is 5. The van der Waals surface area contributed by atoms with Crippen molar-refractivity contribution in [3.05, 3.63) is 66.2 Å². The molecule has 1 aliphatic rings. The summed E-state index contributed by atoms with van der Waals surface area (Å²) in [5.74, 6) is 1.79. The highest BCUT2D eigenvalue weighted by atomic mass is 16.3. The van der Waals surface area contributed by atoms with Gasteiger partial charge in [-0.05, 0) is 19.2 Å². The van der Waals surface area contributed by atoms with E-state index in [1.165, 1.54) is 0 Å². The Bertz CT molecular complexity index is 919. The molecule has 144 valence electrons. The summed E-state index contributed by atoms with van der Waals surface area (Å²) in [5, 5.41) is 2.87. The van der Waals surface area contributed by atoms with E-state index < -0.39 is 0 Å². The fourth-order valence-electron chi connectivity index (χ4n) is 3.14. The zero-order valence-electron chi connectivity index (χ0n) is 15.8. The Labute approximate surface area is 164 Å². The molecule has 1 aliphatic heterocycles. The van der Waals surface area contributed by atoms with Gasteiger partial charge in [-0.1, -0.05) is 30.3 Å². The van der Waals surface area contributed by atoms with Crippen molar-refractivity contribution in [1.29, 1.82) is 0 Å². The van der Waals surface area contributed by atoms with E-state index in [0.717, 1.165) is 37.6 Å². The number of carbonyl (C=O) groups is 1. The van der Waals surface area contributed by atoms with Crippen molar-refractivity contribution in [2.45, 2.75) is 6.54 Å². The second-order valence-corrected chi connectivity index (χ2v) is 6.85. The molecule has 3 heterocycles. The Kier molecular flexibility index (Phi) is 5.34. The van der Waals surface area contributed by atoms with E-state index in [9.17, 15) is 4.79 Å². The van der Waals surface area contributed by atoms with Crippen LogP contribution in [0.5, 0.6) is 0 Å². The Morgan fingerprint density at radius 2 is 1.86 bits per heavy atom. The Morgan fingerprint density at radius 1 is 1.07 bits per heavy atom. The monoisotopic (exact) mass is 377 g/mol. The SMILES string of the molecule is CN1CCN(c2cc(C(=O)NCc3ccco3)nc(-c3ccccc3)n2)CC1.